The van der Waals surface area contributed by atoms with E-state index in [0.29, 0.717) is 6.04 Å². The third kappa shape index (κ3) is 3.11. The lowest BCUT2D eigenvalue weighted by Crippen LogP contribution is -2.24. The van der Waals surface area contributed by atoms with E-state index in [1.165, 1.54) is 29.9 Å². The Morgan fingerprint density at radius 3 is 2.87 bits per heavy atom. The highest BCUT2D eigenvalue weighted by Gasteiger charge is 2.13. The average molecular weight is 287 g/mol. The van der Waals surface area contributed by atoms with Crippen molar-refractivity contribution in [1.82, 2.24) is 4.98 Å². The number of rotatable bonds is 2. The Kier molecular flexibility index (Phi) is 3.92. The fourth-order valence-corrected chi connectivity index (χ4v) is 2.99. The van der Waals surface area contributed by atoms with Crippen molar-refractivity contribution in [2.45, 2.75) is 25.8 Å². The maximum absolute atomic E-state index is 4.37. The van der Waals surface area contributed by atoms with Gasteiger partial charge in [0, 0.05) is 16.7 Å². The molecule has 2 heterocycles. The first kappa shape index (κ1) is 11.3. The first-order valence-electron chi connectivity index (χ1n) is 5.22. The molecule has 4 heteroatoms. The van der Waals surface area contributed by atoms with Crippen molar-refractivity contribution >= 4 is 33.5 Å². The van der Waals surface area contributed by atoms with Crippen LogP contribution < -0.4 is 5.32 Å². The minimum atomic E-state index is 0.610. The molecule has 0 radical (unpaired) electrons. The molecule has 2 nitrogen and oxygen atoms in total. The SMILES string of the molecule is Cc1cc(NC2CCSCC2)ncc1Br. The molecule has 0 atom stereocenters. The topological polar surface area (TPSA) is 24.9 Å². The van der Waals surface area contributed by atoms with Crippen molar-refractivity contribution in [1.29, 1.82) is 0 Å². The summed E-state index contributed by atoms with van der Waals surface area (Å²) in [5.74, 6) is 3.55. The van der Waals surface area contributed by atoms with Crippen LogP contribution in [-0.2, 0) is 0 Å². The van der Waals surface area contributed by atoms with Crippen LogP contribution >= 0.6 is 27.7 Å². The lowest BCUT2D eigenvalue weighted by atomic mass is 10.1. The minimum absolute atomic E-state index is 0.610. The Morgan fingerprint density at radius 1 is 1.47 bits per heavy atom. The number of nitrogens with one attached hydrogen (secondary N) is 1. The Bertz CT molecular complexity index is 337. The quantitative estimate of drug-likeness (QED) is 0.901. The highest BCUT2D eigenvalue weighted by molar-refractivity contribution is 9.10. The van der Waals surface area contributed by atoms with E-state index in [0.717, 1.165) is 10.3 Å². The van der Waals surface area contributed by atoms with E-state index in [2.05, 4.69) is 39.2 Å². The summed E-state index contributed by atoms with van der Waals surface area (Å²) in [7, 11) is 0. The second-order valence-corrected chi connectivity index (χ2v) is 5.93. The molecule has 1 aromatic rings. The van der Waals surface area contributed by atoms with Crippen molar-refractivity contribution < 1.29 is 0 Å². The van der Waals surface area contributed by atoms with Crippen molar-refractivity contribution in [3.05, 3.63) is 22.3 Å². The van der Waals surface area contributed by atoms with Gasteiger partial charge in [0.1, 0.15) is 5.82 Å². The van der Waals surface area contributed by atoms with Gasteiger partial charge >= 0.3 is 0 Å². The van der Waals surface area contributed by atoms with E-state index >= 15 is 0 Å². The van der Waals surface area contributed by atoms with Crippen LogP contribution in [0.1, 0.15) is 18.4 Å². The Labute approximate surface area is 103 Å². The maximum Gasteiger partial charge on any atom is 0.126 e. The van der Waals surface area contributed by atoms with Gasteiger partial charge in [0.2, 0.25) is 0 Å². The second-order valence-electron chi connectivity index (χ2n) is 3.85. The summed E-state index contributed by atoms with van der Waals surface area (Å²) in [4.78, 5) is 4.37. The van der Waals surface area contributed by atoms with E-state index in [-0.39, 0.29) is 0 Å². The number of thioether (sulfide) groups is 1. The molecule has 1 aliphatic heterocycles. The summed E-state index contributed by atoms with van der Waals surface area (Å²) in [6.45, 7) is 2.09. The number of pyridine rings is 1. The van der Waals surface area contributed by atoms with Crippen LogP contribution in [0, 0.1) is 6.92 Å². The number of aromatic nitrogens is 1. The molecular weight excluding hydrogens is 272 g/mol. The van der Waals surface area contributed by atoms with Gasteiger partial charge in [-0.3, -0.25) is 0 Å². The number of halogens is 1. The molecule has 0 unspecified atom stereocenters. The minimum Gasteiger partial charge on any atom is -0.367 e. The van der Waals surface area contributed by atoms with E-state index in [1.807, 2.05) is 18.0 Å². The predicted molar refractivity (Wildman–Crippen MR) is 70.6 cm³/mol. The lowest BCUT2D eigenvalue weighted by Gasteiger charge is -2.23. The summed E-state index contributed by atoms with van der Waals surface area (Å²) in [5.41, 5.74) is 1.23. The fourth-order valence-electron chi connectivity index (χ4n) is 1.67. The van der Waals surface area contributed by atoms with E-state index < -0.39 is 0 Å². The molecule has 15 heavy (non-hydrogen) atoms. The molecule has 0 aliphatic carbocycles. The molecule has 82 valence electrons. The maximum atomic E-state index is 4.37. The van der Waals surface area contributed by atoms with E-state index in [9.17, 15) is 0 Å². The average Bonchev–Trinajstić information content (AvgIpc) is 2.25. The van der Waals surface area contributed by atoms with E-state index in [1.54, 1.807) is 0 Å². The summed E-state index contributed by atoms with van der Waals surface area (Å²) in [6, 6.07) is 2.71. The second kappa shape index (κ2) is 5.21. The van der Waals surface area contributed by atoms with Gasteiger partial charge in [-0.05, 0) is 58.8 Å². The molecule has 0 aromatic carbocycles. The summed E-state index contributed by atoms with van der Waals surface area (Å²) in [5, 5.41) is 3.50. The molecule has 1 aromatic heterocycles. The molecule has 0 spiro atoms. The molecule has 0 saturated carbocycles. The third-order valence-corrected chi connectivity index (χ3v) is 4.50. The van der Waals surface area contributed by atoms with Gasteiger partial charge in [0.25, 0.3) is 0 Å². The van der Waals surface area contributed by atoms with Crippen molar-refractivity contribution in [2.75, 3.05) is 16.8 Å². The van der Waals surface area contributed by atoms with Crippen molar-refractivity contribution in [3.63, 3.8) is 0 Å². The number of hydrogen-bond donors (Lipinski definition) is 1. The zero-order valence-corrected chi connectivity index (χ0v) is 11.2. The van der Waals surface area contributed by atoms with Gasteiger partial charge in [0.15, 0.2) is 0 Å². The normalized spacial score (nSPS) is 17.7. The monoisotopic (exact) mass is 286 g/mol. The van der Waals surface area contributed by atoms with Gasteiger partial charge in [-0.15, -0.1) is 0 Å². The highest BCUT2D eigenvalue weighted by atomic mass is 79.9. The Balaban J connectivity index is 2.00. The largest absolute Gasteiger partial charge is 0.367 e. The fraction of sp³-hybridized carbons (Fsp3) is 0.545. The standard InChI is InChI=1S/C11H15BrN2S/c1-8-6-11(13-7-10(8)12)14-9-2-4-15-5-3-9/h6-7,9H,2-5H2,1H3,(H,13,14). The van der Waals surface area contributed by atoms with Gasteiger partial charge in [-0.1, -0.05) is 0 Å². The molecule has 0 amide bonds. The van der Waals surface area contributed by atoms with Gasteiger partial charge in [-0.2, -0.15) is 11.8 Å². The van der Waals surface area contributed by atoms with Crippen LogP contribution in [0.15, 0.2) is 16.7 Å². The number of anilines is 1. The molecule has 1 saturated heterocycles. The molecule has 1 fully saturated rings. The number of nitrogens with zero attached hydrogens (tertiary/aromatic N) is 1. The first-order valence-corrected chi connectivity index (χ1v) is 7.17. The van der Waals surface area contributed by atoms with Gasteiger partial charge in [0.05, 0.1) is 0 Å². The highest BCUT2D eigenvalue weighted by Crippen LogP contribution is 2.22. The molecule has 2 rings (SSSR count). The van der Waals surface area contributed by atoms with Gasteiger partial charge < -0.3 is 5.32 Å². The summed E-state index contributed by atoms with van der Waals surface area (Å²) in [6.07, 6.45) is 4.37. The van der Waals surface area contributed by atoms with Crippen LogP contribution in [0.25, 0.3) is 0 Å². The zero-order valence-electron chi connectivity index (χ0n) is 8.79. The number of aryl methyl sites for hydroxylation is 1. The Hall–Kier alpha value is -0.220. The molecule has 1 N–H and O–H groups in total. The molecule has 1 aliphatic rings. The lowest BCUT2D eigenvalue weighted by molar-refractivity contribution is 0.663. The molecular formula is C11H15BrN2S. The van der Waals surface area contributed by atoms with Crippen molar-refractivity contribution in [3.8, 4) is 0 Å². The zero-order chi connectivity index (χ0) is 10.7. The summed E-state index contributed by atoms with van der Waals surface area (Å²) >= 11 is 5.51. The van der Waals surface area contributed by atoms with Gasteiger partial charge in [-0.25, -0.2) is 4.98 Å². The smallest absolute Gasteiger partial charge is 0.126 e. The first-order chi connectivity index (χ1) is 7.25. The Morgan fingerprint density at radius 2 is 2.20 bits per heavy atom. The van der Waals surface area contributed by atoms with Crippen LogP contribution in [-0.4, -0.2) is 22.5 Å². The molecule has 0 bridgehead atoms. The van der Waals surface area contributed by atoms with Crippen LogP contribution in [0.3, 0.4) is 0 Å². The third-order valence-electron chi connectivity index (χ3n) is 2.62. The summed E-state index contributed by atoms with van der Waals surface area (Å²) < 4.78 is 1.08. The van der Waals surface area contributed by atoms with Crippen LogP contribution in [0.2, 0.25) is 0 Å². The van der Waals surface area contributed by atoms with Crippen LogP contribution in [0.5, 0.6) is 0 Å². The van der Waals surface area contributed by atoms with E-state index in [4.69, 9.17) is 0 Å². The van der Waals surface area contributed by atoms with Crippen LogP contribution in [0.4, 0.5) is 5.82 Å². The predicted octanol–water partition coefficient (Wildman–Crippen LogP) is 3.46. The number of hydrogen-bond acceptors (Lipinski definition) is 3. The van der Waals surface area contributed by atoms with Crippen molar-refractivity contribution in [2.24, 2.45) is 0 Å².